The molecular weight excluding hydrogens is 254 g/mol. The summed E-state index contributed by atoms with van der Waals surface area (Å²) in [5.74, 6) is 1.42. The smallest absolute Gasteiger partial charge is 0.349 e. The van der Waals surface area contributed by atoms with Crippen LogP contribution in [-0.4, -0.2) is 25.6 Å². The fourth-order valence-electron chi connectivity index (χ4n) is 2.37. The first-order valence-corrected chi connectivity index (χ1v) is 7.33. The predicted octanol–water partition coefficient (Wildman–Crippen LogP) is 2.50. The minimum Gasteiger partial charge on any atom is -0.367 e. The second-order valence-electron chi connectivity index (χ2n) is 5.31. The summed E-state index contributed by atoms with van der Waals surface area (Å²) in [7, 11) is 0. The van der Waals surface area contributed by atoms with E-state index in [1.807, 2.05) is 0 Å². The van der Waals surface area contributed by atoms with Gasteiger partial charge >= 0.3 is 5.69 Å². The van der Waals surface area contributed by atoms with Crippen LogP contribution in [0, 0.1) is 6.92 Å². The van der Waals surface area contributed by atoms with Crippen molar-refractivity contribution in [3.8, 4) is 0 Å². The van der Waals surface area contributed by atoms with Gasteiger partial charge in [-0.3, -0.25) is 0 Å². The third-order valence-corrected chi connectivity index (χ3v) is 3.45. The number of rotatable bonds is 7. The molecule has 1 unspecified atom stereocenters. The number of hydrogen-bond donors (Lipinski definition) is 2. The van der Waals surface area contributed by atoms with Crippen LogP contribution in [0.15, 0.2) is 10.9 Å². The number of nitrogens with one attached hydrogen (secondary N) is 2. The molecule has 0 fully saturated rings. The maximum atomic E-state index is 11.5. The van der Waals surface area contributed by atoms with Gasteiger partial charge in [-0.05, 0) is 20.3 Å². The Kier molecular flexibility index (Phi) is 4.76. The third-order valence-electron chi connectivity index (χ3n) is 3.45. The molecule has 2 rings (SSSR count). The fourth-order valence-corrected chi connectivity index (χ4v) is 2.37. The van der Waals surface area contributed by atoms with Crippen LogP contribution in [0.4, 0.5) is 5.82 Å². The fraction of sp³-hybridized carbons (Fsp3) is 0.643. The van der Waals surface area contributed by atoms with Gasteiger partial charge in [-0.25, -0.2) is 19.3 Å². The molecule has 20 heavy (non-hydrogen) atoms. The van der Waals surface area contributed by atoms with Gasteiger partial charge in [0.2, 0.25) is 0 Å². The van der Waals surface area contributed by atoms with Crippen molar-refractivity contribution in [2.75, 3.05) is 5.32 Å². The normalized spacial score (nSPS) is 12.8. The molecule has 110 valence electrons. The van der Waals surface area contributed by atoms with Crippen molar-refractivity contribution in [2.24, 2.45) is 0 Å². The van der Waals surface area contributed by atoms with Crippen molar-refractivity contribution in [1.29, 1.82) is 0 Å². The van der Waals surface area contributed by atoms with Crippen LogP contribution in [0.25, 0.3) is 5.65 Å². The molecule has 1 atom stereocenters. The minimum absolute atomic E-state index is 0.246. The lowest BCUT2D eigenvalue weighted by Crippen LogP contribution is -2.18. The molecule has 0 radical (unpaired) electrons. The zero-order chi connectivity index (χ0) is 14.5. The second kappa shape index (κ2) is 6.54. The van der Waals surface area contributed by atoms with Crippen molar-refractivity contribution in [3.63, 3.8) is 0 Å². The third kappa shape index (κ3) is 3.37. The van der Waals surface area contributed by atoms with E-state index < -0.39 is 0 Å². The molecule has 0 aliphatic rings. The number of H-pyrrole nitrogens is 1. The van der Waals surface area contributed by atoms with Crippen LogP contribution in [0.3, 0.4) is 0 Å². The predicted molar refractivity (Wildman–Crippen MR) is 80.2 cm³/mol. The van der Waals surface area contributed by atoms with Gasteiger partial charge in [-0.15, -0.1) is 0 Å². The Morgan fingerprint density at radius 1 is 1.40 bits per heavy atom. The maximum Gasteiger partial charge on any atom is 0.349 e. The van der Waals surface area contributed by atoms with Crippen LogP contribution in [0.1, 0.15) is 51.8 Å². The molecule has 0 aliphatic heterocycles. The molecule has 2 N–H and O–H groups in total. The summed E-state index contributed by atoms with van der Waals surface area (Å²) in [6.45, 7) is 6.18. The lowest BCUT2D eigenvalue weighted by Gasteiger charge is -2.14. The second-order valence-corrected chi connectivity index (χ2v) is 5.31. The Morgan fingerprint density at radius 3 is 2.95 bits per heavy atom. The zero-order valence-corrected chi connectivity index (χ0v) is 12.4. The van der Waals surface area contributed by atoms with E-state index in [1.54, 1.807) is 13.0 Å². The number of unbranched alkanes of at least 4 members (excludes halogenated alkanes) is 3. The van der Waals surface area contributed by atoms with Gasteiger partial charge in [-0.1, -0.05) is 32.6 Å². The van der Waals surface area contributed by atoms with Gasteiger partial charge in [0.25, 0.3) is 0 Å². The minimum atomic E-state index is -0.246. The van der Waals surface area contributed by atoms with Gasteiger partial charge in [0.05, 0.1) is 0 Å². The molecule has 6 heteroatoms. The van der Waals surface area contributed by atoms with E-state index in [0.717, 1.165) is 12.2 Å². The number of fused-ring (bicyclic) bond motifs is 1. The molecule has 0 bridgehead atoms. The lowest BCUT2D eigenvalue weighted by molar-refractivity contribution is 0.592. The lowest BCUT2D eigenvalue weighted by atomic mass is 10.1. The van der Waals surface area contributed by atoms with E-state index in [1.165, 1.54) is 30.1 Å². The Morgan fingerprint density at radius 2 is 2.20 bits per heavy atom. The number of nitrogens with zero attached hydrogens (tertiary/aromatic N) is 3. The van der Waals surface area contributed by atoms with Crippen LogP contribution in [-0.2, 0) is 0 Å². The van der Waals surface area contributed by atoms with Crippen LogP contribution >= 0.6 is 0 Å². The van der Waals surface area contributed by atoms with E-state index in [0.29, 0.717) is 17.5 Å². The van der Waals surface area contributed by atoms with E-state index >= 15 is 0 Å². The van der Waals surface area contributed by atoms with Crippen LogP contribution in [0.5, 0.6) is 0 Å². The Balaban J connectivity index is 2.01. The highest BCUT2D eigenvalue weighted by molar-refractivity contribution is 5.49. The van der Waals surface area contributed by atoms with Crippen molar-refractivity contribution in [3.05, 3.63) is 22.4 Å². The van der Waals surface area contributed by atoms with Crippen molar-refractivity contribution < 1.29 is 0 Å². The van der Waals surface area contributed by atoms with Gasteiger partial charge in [0, 0.05) is 12.1 Å². The molecule has 0 saturated carbocycles. The van der Waals surface area contributed by atoms with Crippen LogP contribution < -0.4 is 11.0 Å². The topological polar surface area (TPSA) is 75.1 Å². The van der Waals surface area contributed by atoms with Gasteiger partial charge in [0.1, 0.15) is 11.6 Å². The monoisotopic (exact) mass is 277 g/mol. The largest absolute Gasteiger partial charge is 0.367 e. The molecular formula is C14H23N5O. The molecule has 0 amide bonds. The SMILES string of the molecule is CCCCCCC(C)Nc1cc2n[nH]c(=O)n2c(C)n1. The molecule has 0 aliphatic carbocycles. The highest BCUT2D eigenvalue weighted by Crippen LogP contribution is 2.12. The summed E-state index contributed by atoms with van der Waals surface area (Å²) < 4.78 is 1.47. The first kappa shape index (κ1) is 14.6. The Hall–Kier alpha value is -1.85. The Labute approximate surface area is 118 Å². The number of aromatic amines is 1. The first-order chi connectivity index (χ1) is 9.61. The van der Waals surface area contributed by atoms with Crippen molar-refractivity contribution in [1.82, 2.24) is 19.6 Å². The molecule has 2 aromatic rings. The van der Waals surface area contributed by atoms with Crippen molar-refractivity contribution in [2.45, 2.75) is 58.9 Å². The quantitative estimate of drug-likeness (QED) is 0.762. The highest BCUT2D eigenvalue weighted by Gasteiger charge is 2.08. The summed E-state index contributed by atoms with van der Waals surface area (Å²) in [5, 5.41) is 9.80. The van der Waals surface area contributed by atoms with Crippen LogP contribution in [0.2, 0.25) is 0 Å². The summed E-state index contributed by atoms with van der Waals surface area (Å²) >= 11 is 0. The molecule has 6 nitrogen and oxygen atoms in total. The molecule has 0 aromatic carbocycles. The van der Waals surface area contributed by atoms with E-state index in [-0.39, 0.29) is 5.69 Å². The van der Waals surface area contributed by atoms with Gasteiger partial charge < -0.3 is 5.32 Å². The van der Waals surface area contributed by atoms with E-state index in [2.05, 4.69) is 34.3 Å². The standard InChI is InChI=1S/C14H23N5O/c1-4-5-6-7-8-10(2)15-12-9-13-17-18-14(20)19(13)11(3)16-12/h9-10,15H,4-8H2,1-3H3,(H,18,20). The summed E-state index contributed by atoms with van der Waals surface area (Å²) in [6, 6.07) is 2.17. The number of aromatic nitrogens is 4. The maximum absolute atomic E-state index is 11.5. The molecule has 0 spiro atoms. The van der Waals surface area contributed by atoms with Gasteiger partial charge in [-0.2, -0.15) is 5.10 Å². The molecule has 0 saturated heterocycles. The summed E-state index contributed by atoms with van der Waals surface area (Å²) in [6.07, 6.45) is 6.19. The summed E-state index contributed by atoms with van der Waals surface area (Å²) in [5.41, 5.74) is 0.354. The average Bonchev–Trinajstić information content (AvgIpc) is 2.77. The van der Waals surface area contributed by atoms with E-state index in [9.17, 15) is 4.79 Å². The van der Waals surface area contributed by atoms with E-state index in [4.69, 9.17) is 0 Å². The molecule has 2 aromatic heterocycles. The molecule has 2 heterocycles. The highest BCUT2D eigenvalue weighted by atomic mass is 16.1. The number of hydrogen-bond acceptors (Lipinski definition) is 4. The van der Waals surface area contributed by atoms with Gasteiger partial charge in [0.15, 0.2) is 5.65 Å². The first-order valence-electron chi connectivity index (χ1n) is 7.33. The number of anilines is 1. The Bertz CT molecular complexity index is 616. The summed E-state index contributed by atoms with van der Waals surface area (Å²) in [4.78, 5) is 15.9. The number of aryl methyl sites for hydroxylation is 1. The zero-order valence-electron chi connectivity index (χ0n) is 12.4. The average molecular weight is 277 g/mol. The van der Waals surface area contributed by atoms with Crippen molar-refractivity contribution >= 4 is 11.5 Å².